The number of carboxylic acids is 1. The lowest BCUT2D eigenvalue weighted by molar-refractivity contribution is -0.150. The number of halogens is 1. The molecular formula is C20H20BrN7O5S4. The summed E-state index contributed by atoms with van der Waals surface area (Å²) in [4.78, 5) is 48.6. The van der Waals surface area contributed by atoms with E-state index in [9.17, 15) is 24.7 Å². The van der Waals surface area contributed by atoms with Gasteiger partial charge in [0.05, 0.1) is 5.37 Å². The van der Waals surface area contributed by atoms with E-state index >= 15 is 0 Å². The predicted octanol–water partition coefficient (Wildman–Crippen LogP) is 2.26. The molecule has 2 aromatic heterocycles. The first-order chi connectivity index (χ1) is 17.7. The molecule has 0 radical (unpaired) electrons. The predicted molar refractivity (Wildman–Crippen MR) is 147 cm³/mol. The second kappa shape index (κ2) is 11.6. The van der Waals surface area contributed by atoms with Gasteiger partial charge in [-0.1, -0.05) is 35.2 Å². The molecule has 7 N–H and O–H groups in total. The van der Waals surface area contributed by atoms with E-state index in [4.69, 9.17) is 11.5 Å². The molecule has 4 rings (SSSR count). The molecule has 196 valence electrons. The van der Waals surface area contributed by atoms with Crippen LogP contribution < -0.4 is 16.8 Å². The van der Waals surface area contributed by atoms with Crippen LogP contribution in [0.3, 0.4) is 0 Å². The van der Waals surface area contributed by atoms with Crippen LogP contribution in [0.5, 0.6) is 0 Å². The third kappa shape index (κ3) is 5.46. The number of hydrogen-bond acceptors (Lipinski definition) is 13. The Bertz CT molecular complexity index is 1320. The first kappa shape index (κ1) is 27.7. The number of aliphatic carboxylic acids is 1. The molecule has 37 heavy (non-hydrogen) atoms. The number of rotatable bonds is 9. The van der Waals surface area contributed by atoms with E-state index in [-0.39, 0.29) is 21.9 Å². The van der Waals surface area contributed by atoms with Gasteiger partial charge in [-0.3, -0.25) is 19.5 Å². The lowest BCUT2D eigenvalue weighted by atomic mass is 10.0. The number of carbonyl (C=O) groups is 3. The van der Waals surface area contributed by atoms with Crippen LogP contribution in [0.25, 0.3) is 0 Å². The van der Waals surface area contributed by atoms with Crippen molar-refractivity contribution in [2.75, 3.05) is 17.2 Å². The number of hydrogen-bond donors (Lipinski definition) is 5. The SMILES string of the molecule is CCSC(N)c1cnccc1SC1=C(C(=O)O)N2C(=O)[C@@H](NC(=O)/C(=N\O)c3nc(N)sc3Br)[C@@H]2SC1. The Hall–Kier alpha value is -2.31. The van der Waals surface area contributed by atoms with Crippen molar-refractivity contribution in [3.05, 3.63) is 44.1 Å². The number of anilines is 1. The molecule has 0 bridgehead atoms. The Morgan fingerprint density at radius 3 is 2.84 bits per heavy atom. The number of thioether (sulfide) groups is 3. The van der Waals surface area contributed by atoms with Crippen LogP contribution in [-0.4, -0.2) is 71.6 Å². The van der Waals surface area contributed by atoms with Crippen LogP contribution in [0.4, 0.5) is 5.13 Å². The third-order valence-electron chi connectivity index (χ3n) is 5.26. The lowest BCUT2D eigenvalue weighted by Gasteiger charge is -2.49. The van der Waals surface area contributed by atoms with Crippen LogP contribution in [0, 0.1) is 0 Å². The number of fused-ring (bicyclic) bond motifs is 1. The second-order valence-corrected chi connectivity index (χ2v) is 13.5. The van der Waals surface area contributed by atoms with Crippen molar-refractivity contribution in [1.29, 1.82) is 0 Å². The third-order valence-corrected chi connectivity index (χ3v) is 10.4. The zero-order chi connectivity index (χ0) is 26.9. The lowest BCUT2D eigenvalue weighted by Crippen LogP contribution is -2.71. The molecule has 1 saturated heterocycles. The highest BCUT2D eigenvalue weighted by atomic mass is 79.9. The van der Waals surface area contributed by atoms with Crippen molar-refractivity contribution in [1.82, 2.24) is 20.2 Å². The number of oxime groups is 1. The highest BCUT2D eigenvalue weighted by Crippen LogP contribution is 2.46. The van der Waals surface area contributed by atoms with Crippen molar-refractivity contribution >= 4 is 91.2 Å². The van der Waals surface area contributed by atoms with Crippen LogP contribution in [0.2, 0.25) is 0 Å². The van der Waals surface area contributed by atoms with E-state index in [1.807, 2.05) is 6.92 Å². The van der Waals surface area contributed by atoms with Crippen molar-refractivity contribution < 1.29 is 24.7 Å². The normalized spacial score (nSPS) is 20.4. The molecular weight excluding hydrogens is 626 g/mol. The highest BCUT2D eigenvalue weighted by molar-refractivity contribution is 9.11. The number of nitrogens with two attached hydrogens (primary N) is 2. The summed E-state index contributed by atoms with van der Waals surface area (Å²) in [5, 5.41) is 24.1. The average molecular weight is 647 g/mol. The molecule has 1 unspecified atom stereocenters. The van der Waals surface area contributed by atoms with Crippen LogP contribution >= 0.6 is 62.6 Å². The van der Waals surface area contributed by atoms with Crippen molar-refractivity contribution in [2.24, 2.45) is 10.9 Å². The smallest absolute Gasteiger partial charge is 0.353 e. The molecule has 0 aliphatic carbocycles. The van der Waals surface area contributed by atoms with Gasteiger partial charge in [0.2, 0.25) is 0 Å². The molecule has 1 fully saturated rings. The number of carbonyl (C=O) groups excluding carboxylic acids is 2. The highest BCUT2D eigenvalue weighted by Gasteiger charge is 2.54. The van der Waals surface area contributed by atoms with Gasteiger partial charge in [-0.25, -0.2) is 9.78 Å². The summed E-state index contributed by atoms with van der Waals surface area (Å²) in [6, 6.07) is 0.745. The van der Waals surface area contributed by atoms with E-state index in [0.717, 1.165) is 32.4 Å². The molecule has 2 amide bonds. The number of nitrogens with zero attached hydrogens (tertiary/aromatic N) is 4. The number of carboxylic acid groups (broad SMARTS) is 1. The van der Waals surface area contributed by atoms with Crippen molar-refractivity contribution in [3.63, 3.8) is 0 Å². The molecule has 3 atom stereocenters. The maximum atomic E-state index is 13.0. The van der Waals surface area contributed by atoms with Crippen LogP contribution in [-0.2, 0) is 14.4 Å². The summed E-state index contributed by atoms with van der Waals surface area (Å²) in [5.41, 5.74) is 12.1. The average Bonchev–Trinajstić information content (AvgIpc) is 3.20. The Balaban J connectivity index is 1.55. The Kier molecular flexibility index (Phi) is 8.70. The van der Waals surface area contributed by atoms with E-state index in [2.05, 4.69) is 36.4 Å². The summed E-state index contributed by atoms with van der Waals surface area (Å²) < 4.78 is 0.381. The Labute approximate surface area is 235 Å². The summed E-state index contributed by atoms with van der Waals surface area (Å²) in [7, 11) is 0. The molecule has 4 heterocycles. The first-order valence-electron chi connectivity index (χ1n) is 10.5. The Morgan fingerprint density at radius 1 is 1.46 bits per heavy atom. The van der Waals surface area contributed by atoms with Crippen LogP contribution in [0.15, 0.2) is 42.9 Å². The van der Waals surface area contributed by atoms with Gasteiger partial charge in [0.25, 0.3) is 11.8 Å². The summed E-state index contributed by atoms with van der Waals surface area (Å²) in [6.45, 7) is 1.99. The van der Waals surface area contributed by atoms with Gasteiger partial charge in [0.15, 0.2) is 10.8 Å². The minimum Gasteiger partial charge on any atom is -0.477 e. The minimum atomic E-state index is -1.26. The number of aromatic nitrogens is 2. The van der Waals surface area contributed by atoms with E-state index < -0.39 is 34.9 Å². The fourth-order valence-corrected chi connectivity index (χ4v) is 8.39. The topological polar surface area (TPSA) is 197 Å². The summed E-state index contributed by atoms with van der Waals surface area (Å²) in [6.07, 6.45) is 3.26. The molecule has 2 aliphatic rings. The molecule has 0 saturated carbocycles. The quantitative estimate of drug-likeness (QED) is 0.0878. The molecule has 0 spiro atoms. The van der Waals surface area contributed by atoms with E-state index in [1.165, 1.54) is 35.3 Å². The molecule has 17 heteroatoms. The van der Waals surface area contributed by atoms with Crippen LogP contribution in [0.1, 0.15) is 23.6 Å². The molecule has 2 aromatic rings. The van der Waals surface area contributed by atoms with Gasteiger partial charge in [-0.05, 0) is 27.7 Å². The zero-order valence-corrected chi connectivity index (χ0v) is 23.8. The van der Waals surface area contributed by atoms with Gasteiger partial charge in [0, 0.05) is 33.5 Å². The van der Waals surface area contributed by atoms with Gasteiger partial charge in [-0.15, -0.1) is 23.5 Å². The number of nitrogen functional groups attached to an aromatic ring is 1. The van der Waals surface area contributed by atoms with Crippen molar-refractivity contribution in [2.45, 2.75) is 28.6 Å². The summed E-state index contributed by atoms with van der Waals surface area (Å²) >= 11 is 8.33. The standard InChI is InChI=1S/C20H20BrN7O5S4/c1-2-34-15(22)7-5-24-4-3-8(7)36-9-6-35-18-12(17(30)28(18)13(9)19(31)32)25-16(29)11(27-33)10-14(21)37-20(23)26-10/h3-5,12,15,18,33H,2,6,22H2,1H3,(H2,23,26)(H,25,29)(H,31,32)/b27-11-/t12-,15?,18+/m1/s1. The van der Waals surface area contributed by atoms with Gasteiger partial charge < -0.3 is 27.1 Å². The summed E-state index contributed by atoms with van der Waals surface area (Å²) in [5.74, 6) is -1.61. The zero-order valence-electron chi connectivity index (χ0n) is 19.0. The van der Waals surface area contributed by atoms with Gasteiger partial charge >= 0.3 is 5.97 Å². The number of thiazole rings is 1. The van der Waals surface area contributed by atoms with E-state index in [1.54, 1.807) is 18.5 Å². The van der Waals surface area contributed by atoms with E-state index in [0.29, 0.717) is 14.4 Å². The molecule has 12 nitrogen and oxygen atoms in total. The number of pyridine rings is 1. The minimum absolute atomic E-state index is 0.0276. The largest absolute Gasteiger partial charge is 0.477 e. The maximum Gasteiger partial charge on any atom is 0.353 e. The van der Waals surface area contributed by atoms with Gasteiger partial charge in [0.1, 0.15) is 26.6 Å². The molecule has 2 aliphatic heterocycles. The number of β-lactam (4-membered cyclic amide) rings is 1. The fourth-order valence-electron chi connectivity index (χ4n) is 3.64. The fraction of sp³-hybridized carbons (Fsp3) is 0.300. The van der Waals surface area contributed by atoms with Crippen molar-refractivity contribution in [3.8, 4) is 0 Å². The maximum absolute atomic E-state index is 13.0. The second-order valence-electron chi connectivity index (χ2n) is 7.45. The monoisotopic (exact) mass is 645 g/mol. The first-order valence-corrected chi connectivity index (χ1v) is 15.0. The number of amides is 2. The Morgan fingerprint density at radius 2 is 2.22 bits per heavy atom. The number of nitrogens with one attached hydrogen (secondary N) is 1. The molecule has 0 aromatic carbocycles. The van der Waals surface area contributed by atoms with Gasteiger partial charge in [-0.2, -0.15) is 0 Å².